The predicted octanol–water partition coefficient (Wildman–Crippen LogP) is 1.29. The molecule has 0 bridgehead atoms. The van der Waals surface area contributed by atoms with E-state index in [1.54, 1.807) is 37.7 Å². The average Bonchev–Trinajstić information content (AvgIpc) is 2.49. The van der Waals surface area contributed by atoms with E-state index in [9.17, 15) is 14.4 Å². The molecule has 0 fully saturated rings. The maximum absolute atomic E-state index is 11.6. The third-order valence-corrected chi connectivity index (χ3v) is 3.84. The van der Waals surface area contributed by atoms with E-state index in [2.05, 4.69) is 11.9 Å². The number of rotatable bonds is 10. The highest BCUT2D eigenvalue weighted by atomic mass is 32.2. The van der Waals surface area contributed by atoms with Gasteiger partial charge in [-0.2, -0.15) is 11.8 Å². The van der Waals surface area contributed by atoms with Crippen molar-refractivity contribution in [2.45, 2.75) is 13.8 Å². The predicted molar refractivity (Wildman–Crippen MR) is 90.3 cm³/mol. The van der Waals surface area contributed by atoms with Gasteiger partial charge in [0.15, 0.2) is 0 Å². The van der Waals surface area contributed by atoms with Crippen LogP contribution in [-0.4, -0.2) is 68.2 Å². The number of carbonyl (C=O) groups excluding carboxylic acids is 3. The second-order valence-electron chi connectivity index (χ2n) is 5.19. The summed E-state index contributed by atoms with van der Waals surface area (Å²) in [5.41, 5.74) is 0.312. The van der Waals surface area contributed by atoms with Crippen LogP contribution < -0.4 is 5.32 Å². The van der Waals surface area contributed by atoms with E-state index in [4.69, 9.17) is 9.47 Å². The van der Waals surface area contributed by atoms with E-state index in [-0.39, 0.29) is 31.6 Å². The lowest BCUT2D eigenvalue weighted by Crippen LogP contribution is -2.30. The lowest BCUT2D eigenvalue weighted by molar-refractivity contribution is -0.138. The molecule has 23 heavy (non-hydrogen) atoms. The summed E-state index contributed by atoms with van der Waals surface area (Å²) in [6.07, 6.45) is -0.561. The molecule has 0 aromatic heterocycles. The second kappa shape index (κ2) is 11.8. The molecule has 132 valence electrons. The van der Waals surface area contributed by atoms with E-state index in [1.807, 2.05) is 6.92 Å². The number of ether oxygens (including phenoxy) is 2. The molecule has 0 aliphatic heterocycles. The second-order valence-corrected chi connectivity index (χ2v) is 6.34. The first-order chi connectivity index (χ1) is 10.8. The number of nitrogens with one attached hydrogen (secondary N) is 1. The van der Waals surface area contributed by atoms with Crippen LogP contribution in [0.5, 0.6) is 0 Å². The van der Waals surface area contributed by atoms with Crippen molar-refractivity contribution in [2.75, 3.05) is 45.4 Å². The van der Waals surface area contributed by atoms with Crippen LogP contribution in [0.25, 0.3) is 0 Å². The van der Waals surface area contributed by atoms with E-state index < -0.39 is 12.1 Å². The molecule has 1 N–H and O–H groups in total. The van der Waals surface area contributed by atoms with Crippen LogP contribution >= 0.6 is 11.8 Å². The van der Waals surface area contributed by atoms with E-state index in [0.717, 1.165) is 0 Å². The molecular weight excluding hydrogens is 320 g/mol. The Morgan fingerprint density at radius 2 is 1.87 bits per heavy atom. The molecule has 1 atom stereocenters. The number of thioether (sulfide) groups is 1. The third kappa shape index (κ3) is 10.6. The number of carbonyl (C=O) groups is 3. The number of nitrogens with zero attached hydrogens (tertiary/aromatic N) is 1. The zero-order chi connectivity index (χ0) is 17.8. The van der Waals surface area contributed by atoms with Gasteiger partial charge in [-0.1, -0.05) is 13.5 Å². The van der Waals surface area contributed by atoms with Gasteiger partial charge in [0.05, 0.1) is 6.54 Å². The molecule has 1 unspecified atom stereocenters. The summed E-state index contributed by atoms with van der Waals surface area (Å²) in [5, 5.41) is 2.47. The van der Waals surface area contributed by atoms with Crippen molar-refractivity contribution < 1.29 is 23.9 Å². The van der Waals surface area contributed by atoms with Gasteiger partial charge in [0, 0.05) is 37.1 Å². The molecule has 2 amide bonds. The fourth-order valence-corrected chi connectivity index (χ4v) is 2.30. The van der Waals surface area contributed by atoms with Gasteiger partial charge in [-0.3, -0.25) is 4.79 Å². The van der Waals surface area contributed by atoms with Gasteiger partial charge in [0.2, 0.25) is 5.91 Å². The monoisotopic (exact) mass is 346 g/mol. The van der Waals surface area contributed by atoms with Crippen molar-refractivity contribution in [2.24, 2.45) is 5.92 Å². The Bertz CT molecular complexity index is 426. The van der Waals surface area contributed by atoms with Crippen molar-refractivity contribution in [3.05, 3.63) is 12.2 Å². The number of hydrogen-bond donors (Lipinski definition) is 1. The molecule has 0 spiro atoms. The quantitative estimate of drug-likeness (QED) is 0.364. The fraction of sp³-hybridized carbons (Fsp3) is 0.667. The minimum absolute atomic E-state index is 0.0631. The molecule has 0 aliphatic rings. The molecule has 0 rings (SSSR count). The Morgan fingerprint density at radius 3 is 2.43 bits per heavy atom. The maximum atomic E-state index is 11.6. The van der Waals surface area contributed by atoms with E-state index in [1.165, 1.54) is 0 Å². The summed E-state index contributed by atoms with van der Waals surface area (Å²) in [7, 11) is 3.45. The minimum atomic E-state index is -0.561. The topological polar surface area (TPSA) is 84.9 Å². The molecule has 0 radical (unpaired) electrons. The third-order valence-electron chi connectivity index (χ3n) is 2.64. The molecule has 8 heteroatoms. The van der Waals surface area contributed by atoms with Gasteiger partial charge < -0.3 is 19.7 Å². The summed E-state index contributed by atoms with van der Waals surface area (Å²) in [6, 6.07) is 0. The molecular formula is C15H26N2O5S. The van der Waals surface area contributed by atoms with Gasteiger partial charge in [-0.25, -0.2) is 9.59 Å². The highest BCUT2D eigenvalue weighted by Gasteiger charge is 2.14. The van der Waals surface area contributed by atoms with Crippen molar-refractivity contribution in [3.8, 4) is 0 Å². The standard InChI is InChI=1S/C15H26N2O5S/c1-11(2)14(19)21-7-6-16-15(20)22-8-9-23-10-12(3)13(18)17(4)5/h12H,1,6-10H2,2-5H3,(H,16,20). The molecule has 7 nitrogen and oxygen atoms in total. The van der Waals surface area contributed by atoms with Gasteiger partial charge in [-0.05, 0) is 6.92 Å². The van der Waals surface area contributed by atoms with Crippen LogP contribution in [-0.2, 0) is 19.1 Å². The van der Waals surface area contributed by atoms with Gasteiger partial charge in [0.25, 0.3) is 0 Å². The SMILES string of the molecule is C=C(C)C(=O)OCCNC(=O)OCCSCC(C)C(=O)N(C)C. The Morgan fingerprint density at radius 1 is 1.22 bits per heavy atom. The normalized spacial score (nSPS) is 11.3. The number of amides is 2. The van der Waals surface area contributed by atoms with Crippen molar-refractivity contribution in [1.29, 1.82) is 0 Å². The number of esters is 1. The average molecular weight is 346 g/mol. The zero-order valence-corrected chi connectivity index (χ0v) is 15.0. The molecule has 0 saturated carbocycles. The maximum Gasteiger partial charge on any atom is 0.407 e. The molecule has 0 heterocycles. The lowest BCUT2D eigenvalue weighted by Gasteiger charge is -2.16. The summed E-state index contributed by atoms with van der Waals surface area (Å²) >= 11 is 1.55. The smallest absolute Gasteiger partial charge is 0.407 e. The first-order valence-electron chi connectivity index (χ1n) is 7.27. The Labute approximate surface area is 141 Å². The summed E-state index contributed by atoms with van der Waals surface area (Å²) < 4.78 is 9.78. The summed E-state index contributed by atoms with van der Waals surface area (Å²) in [4.78, 5) is 35.6. The minimum Gasteiger partial charge on any atom is -0.460 e. The molecule has 0 aromatic rings. The van der Waals surface area contributed by atoms with E-state index in [0.29, 0.717) is 17.1 Å². The number of alkyl carbamates (subject to hydrolysis) is 1. The lowest BCUT2D eigenvalue weighted by atomic mass is 10.2. The first-order valence-corrected chi connectivity index (χ1v) is 8.43. The Kier molecular flexibility index (Phi) is 10.9. The highest BCUT2D eigenvalue weighted by molar-refractivity contribution is 7.99. The molecule has 0 aromatic carbocycles. The number of hydrogen-bond acceptors (Lipinski definition) is 6. The largest absolute Gasteiger partial charge is 0.460 e. The Hall–Kier alpha value is -1.70. The Balaban J connectivity index is 3.59. The molecule has 0 aliphatic carbocycles. The van der Waals surface area contributed by atoms with Crippen LogP contribution in [0.15, 0.2) is 12.2 Å². The van der Waals surface area contributed by atoms with Crippen LogP contribution in [0.4, 0.5) is 4.79 Å². The van der Waals surface area contributed by atoms with E-state index >= 15 is 0 Å². The zero-order valence-electron chi connectivity index (χ0n) is 14.2. The van der Waals surface area contributed by atoms with Crippen LogP contribution in [0, 0.1) is 5.92 Å². The van der Waals surface area contributed by atoms with Crippen molar-refractivity contribution in [1.82, 2.24) is 10.2 Å². The highest BCUT2D eigenvalue weighted by Crippen LogP contribution is 2.10. The van der Waals surface area contributed by atoms with Crippen LogP contribution in [0.1, 0.15) is 13.8 Å². The first kappa shape index (κ1) is 21.3. The van der Waals surface area contributed by atoms with Crippen LogP contribution in [0.2, 0.25) is 0 Å². The van der Waals surface area contributed by atoms with Gasteiger partial charge in [0.1, 0.15) is 13.2 Å². The van der Waals surface area contributed by atoms with Crippen LogP contribution in [0.3, 0.4) is 0 Å². The van der Waals surface area contributed by atoms with Gasteiger partial charge >= 0.3 is 12.1 Å². The summed E-state index contributed by atoms with van der Waals surface area (Å²) in [6.45, 7) is 7.37. The van der Waals surface area contributed by atoms with Crippen molar-refractivity contribution in [3.63, 3.8) is 0 Å². The van der Waals surface area contributed by atoms with Crippen molar-refractivity contribution >= 4 is 29.7 Å². The fourth-order valence-electron chi connectivity index (χ4n) is 1.44. The summed E-state index contributed by atoms with van der Waals surface area (Å²) in [5.74, 6) is 0.826. The molecule has 0 saturated heterocycles. The van der Waals surface area contributed by atoms with Gasteiger partial charge in [-0.15, -0.1) is 0 Å².